The van der Waals surface area contributed by atoms with Crippen LogP contribution in [0.5, 0.6) is 11.5 Å². The van der Waals surface area contributed by atoms with E-state index in [1.165, 1.54) is 5.56 Å². The molecule has 0 unspecified atom stereocenters. The summed E-state index contributed by atoms with van der Waals surface area (Å²) in [5, 5.41) is 0. The van der Waals surface area contributed by atoms with Crippen LogP contribution in [0, 0.1) is 6.92 Å². The van der Waals surface area contributed by atoms with Crippen molar-refractivity contribution in [3.8, 4) is 11.5 Å². The number of aromatic amines is 1. The highest BCUT2D eigenvalue weighted by molar-refractivity contribution is 5.99. The van der Waals surface area contributed by atoms with Gasteiger partial charge in [-0.05, 0) is 49.6 Å². The third-order valence-electron chi connectivity index (χ3n) is 5.47. The molecule has 0 atom stereocenters. The predicted octanol–water partition coefficient (Wildman–Crippen LogP) is 3.91. The first-order chi connectivity index (χ1) is 13.6. The SMILES string of the molecule is COc1cccc(OC)c1C(=O)N1CCC(c2nc3ccc(C)cc3[nH]2)CC1. The fourth-order valence-electron chi connectivity index (χ4n) is 3.91. The number of nitrogens with zero attached hydrogens (tertiary/aromatic N) is 2. The molecule has 1 saturated heterocycles. The lowest BCUT2D eigenvalue weighted by atomic mass is 9.95. The number of carbonyl (C=O) groups excluding carboxylic acids is 1. The zero-order chi connectivity index (χ0) is 19.7. The number of fused-ring (bicyclic) bond motifs is 1. The highest BCUT2D eigenvalue weighted by Crippen LogP contribution is 2.33. The Balaban J connectivity index is 1.50. The Morgan fingerprint density at radius 3 is 2.43 bits per heavy atom. The molecule has 0 aliphatic carbocycles. The van der Waals surface area contributed by atoms with E-state index in [0.29, 0.717) is 36.1 Å². The van der Waals surface area contributed by atoms with E-state index in [4.69, 9.17) is 14.5 Å². The number of hydrogen-bond donors (Lipinski definition) is 1. The second-order valence-electron chi connectivity index (χ2n) is 7.25. The Labute approximate surface area is 164 Å². The molecule has 1 N–H and O–H groups in total. The summed E-state index contributed by atoms with van der Waals surface area (Å²) in [4.78, 5) is 23.2. The first-order valence-corrected chi connectivity index (χ1v) is 9.57. The van der Waals surface area contributed by atoms with Gasteiger partial charge in [0.2, 0.25) is 0 Å². The number of aromatic nitrogens is 2. The van der Waals surface area contributed by atoms with Crippen LogP contribution in [0.4, 0.5) is 0 Å². The van der Waals surface area contributed by atoms with Crippen molar-refractivity contribution in [3.63, 3.8) is 0 Å². The number of carbonyl (C=O) groups is 1. The molecule has 0 spiro atoms. The number of hydrogen-bond acceptors (Lipinski definition) is 4. The first kappa shape index (κ1) is 18.3. The number of H-pyrrole nitrogens is 1. The number of nitrogens with one attached hydrogen (secondary N) is 1. The molecule has 2 heterocycles. The molecule has 28 heavy (non-hydrogen) atoms. The Hall–Kier alpha value is -3.02. The second-order valence-corrected chi connectivity index (χ2v) is 7.25. The third-order valence-corrected chi connectivity index (χ3v) is 5.47. The van der Waals surface area contributed by atoms with E-state index in [0.717, 1.165) is 29.7 Å². The van der Waals surface area contributed by atoms with Crippen LogP contribution in [0.1, 0.15) is 40.5 Å². The minimum atomic E-state index is -0.0482. The van der Waals surface area contributed by atoms with E-state index in [1.54, 1.807) is 26.4 Å². The lowest BCUT2D eigenvalue weighted by molar-refractivity contribution is 0.0704. The molecule has 146 valence electrons. The molecule has 4 rings (SSSR count). The summed E-state index contributed by atoms with van der Waals surface area (Å²) in [6, 6.07) is 11.7. The van der Waals surface area contributed by atoms with E-state index >= 15 is 0 Å². The number of ether oxygens (including phenoxy) is 2. The van der Waals surface area contributed by atoms with Crippen molar-refractivity contribution in [1.29, 1.82) is 0 Å². The van der Waals surface area contributed by atoms with E-state index < -0.39 is 0 Å². The van der Waals surface area contributed by atoms with Crippen LogP contribution in [0.15, 0.2) is 36.4 Å². The first-order valence-electron chi connectivity index (χ1n) is 9.57. The summed E-state index contributed by atoms with van der Waals surface area (Å²) in [7, 11) is 3.14. The maximum atomic E-state index is 13.1. The van der Waals surface area contributed by atoms with Gasteiger partial charge in [0.25, 0.3) is 5.91 Å². The van der Waals surface area contributed by atoms with Gasteiger partial charge in [0.15, 0.2) is 0 Å². The van der Waals surface area contributed by atoms with Gasteiger partial charge in [-0.15, -0.1) is 0 Å². The van der Waals surface area contributed by atoms with Crippen molar-refractivity contribution in [2.45, 2.75) is 25.7 Å². The summed E-state index contributed by atoms with van der Waals surface area (Å²) in [6.07, 6.45) is 1.75. The molecule has 0 saturated carbocycles. The third kappa shape index (κ3) is 3.30. The number of imidazole rings is 1. The normalized spacial score (nSPS) is 15.0. The van der Waals surface area contributed by atoms with Gasteiger partial charge in [-0.2, -0.15) is 0 Å². The topological polar surface area (TPSA) is 67.5 Å². The molecule has 2 aromatic carbocycles. The van der Waals surface area contributed by atoms with Crippen molar-refractivity contribution in [2.24, 2.45) is 0 Å². The van der Waals surface area contributed by atoms with Gasteiger partial charge in [0.05, 0.1) is 25.3 Å². The van der Waals surface area contributed by atoms with Gasteiger partial charge < -0.3 is 19.4 Å². The van der Waals surface area contributed by atoms with Crippen molar-refractivity contribution in [2.75, 3.05) is 27.3 Å². The Bertz CT molecular complexity index is 981. The van der Waals surface area contributed by atoms with Crippen molar-refractivity contribution in [1.82, 2.24) is 14.9 Å². The number of rotatable bonds is 4. The number of amides is 1. The molecule has 1 aliphatic heterocycles. The summed E-state index contributed by atoms with van der Waals surface area (Å²) >= 11 is 0. The zero-order valence-corrected chi connectivity index (χ0v) is 16.5. The number of piperidine rings is 1. The highest BCUT2D eigenvalue weighted by Gasteiger charge is 2.29. The van der Waals surface area contributed by atoms with Gasteiger partial charge in [-0.1, -0.05) is 12.1 Å². The maximum absolute atomic E-state index is 13.1. The van der Waals surface area contributed by atoms with Crippen LogP contribution >= 0.6 is 0 Å². The average Bonchev–Trinajstić information content (AvgIpc) is 3.15. The number of benzene rings is 2. The lowest BCUT2D eigenvalue weighted by Gasteiger charge is -2.31. The van der Waals surface area contributed by atoms with E-state index in [9.17, 15) is 4.79 Å². The Kier molecular flexibility index (Phi) is 4.94. The fourth-order valence-corrected chi connectivity index (χ4v) is 3.91. The van der Waals surface area contributed by atoms with Crippen LogP contribution in [0.25, 0.3) is 11.0 Å². The van der Waals surface area contributed by atoms with E-state index in [1.807, 2.05) is 11.0 Å². The van der Waals surface area contributed by atoms with E-state index in [-0.39, 0.29) is 5.91 Å². The molecule has 0 bridgehead atoms. The quantitative estimate of drug-likeness (QED) is 0.746. The standard InChI is InChI=1S/C22H25N3O3/c1-14-7-8-16-17(13-14)24-21(23-16)15-9-11-25(12-10-15)22(26)20-18(27-2)5-4-6-19(20)28-3/h4-8,13,15H,9-12H2,1-3H3,(H,23,24). The molecule has 1 aromatic heterocycles. The summed E-state index contributed by atoms with van der Waals surface area (Å²) in [6.45, 7) is 3.44. The Morgan fingerprint density at radius 1 is 1.11 bits per heavy atom. The van der Waals surface area contributed by atoms with Crippen molar-refractivity contribution in [3.05, 3.63) is 53.3 Å². The summed E-state index contributed by atoms with van der Waals surface area (Å²) < 4.78 is 10.8. The number of aryl methyl sites for hydroxylation is 1. The van der Waals surface area contributed by atoms with Gasteiger partial charge in [0.1, 0.15) is 22.9 Å². The van der Waals surface area contributed by atoms with Crippen LogP contribution in [-0.4, -0.2) is 48.1 Å². The van der Waals surface area contributed by atoms with Gasteiger partial charge in [-0.25, -0.2) is 4.98 Å². The second kappa shape index (κ2) is 7.54. The maximum Gasteiger partial charge on any atom is 0.261 e. The minimum absolute atomic E-state index is 0.0482. The number of methoxy groups -OCH3 is 2. The predicted molar refractivity (Wildman–Crippen MR) is 108 cm³/mol. The molecule has 1 aliphatic rings. The van der Waals surface area contributed by atoms with E-state index in [2.05, 4.69) is 30.1 Å². The molecule has 6 heteroatoms. The van der Waals surface area contributed by atoms with Crippen LogP contribution in [0.2, 0.25) is 0 Å². The lowest BCUT2D eigenvalue weighted by Crippen LogP contribution is -2.38. The molecule has 1 fully saturated rings. The smallest absolute Gasteiger partial charge is 0.261 e. The fraction of sp³-hybridized carbons (Fsp3) is 0.364. The number of likely N-dealkylation sites (tertiary alicyclic amines) is 1. The molecule has 0 radical (unpaired) electrons. The molecule has 1 amide bonds. The van der Waals surface area contributed by atoms with Crippen LogP contribution in [0.3, 0.4) is 0 Å². The minimum Gasteiger partial charge on any atom is -0.496 e. The largest absolute Gasteiger partial charge is 0.496 e. The van der Waals surface area contributed by atoms with Crippen molar-refractivity contribution < 1.29 is 14.3 Å². The molecule has 3 aromatic rings. The Morgan fingerprint density at radius 2 is 1.79 bits per heavy atom. The summed E-state index contributed by atoms with van der Waals surface area (Å²) in [5.41, 5.74) is 3.78. The van der Waals surface area contributed by atoms with Gasteiger partial charge in [0, 0.05) is 19.0 Å². The van der Waals surface area contributed by atoms with Gasteiger partial charge >= 0.3 is 0 Å². The molecule has 6 nitrogen and oxygen atoms in total. The van der Waals surface area contributed by atoms with Crippen LogP contribution < -0.4 is 9.47 Å². The average molecular weight is 379 g/mol. The molecular weight excluding hydrogens is 354 g/mol. The van der Waals surface area contributed by atoms with Gasteiger partial charge in [-0.3, -0.25) is 4.79 Å². The van der Waals surface area contributed by atoms with Crippen LogP contribution in [-0.2, 0) is 0 Å². The zero-order valence-electron chi connectivity index (χ0n) is 16.5. The van der Waals surface area contributed by atoms with Crippen molar-refractivity contribution >= 4 is 16.9 Å². The highest BCUT2D eigenvalue weighted by atomic mass is 16.5. The monoisotopic (exact) mass is 379 g/mol. The summed E-state index contributed by atoms with van der Waals surface area (Å²) in [5.74, 6) is 2.38. The molecular formula is C22H25N3O3.